The molecule has 3 rings (SSSR count). The molecule has 0 heterocycles. The maximum absolute atomic E-state index is 12.5. The van der Waals surface area contributed by atoms with Crippen LogP contribution in [-0.2, 0) is 10.0 Å². The lowest BCUT2D eigenvalue weighted by molar-refractivity contribution is 0.0956. The fourth-order valence-electron chi connectivity index (χ4n) is 2.69. The Labute approximate surface area is 185 Å². The molecule has 0 aromatic heterocycles. The minimum absolute atomic E-state index is 0.185. The molecule has 8 heteroatoms. The summed E-state index contributed by atoms with van der Waals surface area (Å²) in [5, 5.41) is 3.57. The van der Waals surface area contributed by atoms with E-state index in [1.165, 1.54) is 12.1 Å². The molecule has 5 nitrogen and oxygen atoms in total. The average molecular weight is 461 g/mol. The van der Waals surface area contributed by atoms with Gasteiger partial charge in [-0.15, -0.1) is 11.8 Å². The molecule has 0 bridgehead atoms. The Balaban J connectivity index is 1.56. The van der Waals surface area contributed by atoms with Crippen LogP contribution in [0.2, 0.25) is 5.02 Å². The van der Waals surface area contributed by atoms with Crippen molar-refractivity contribution >= 4 is 45.0 Å². The molecular formula is C22H21ClN2O3S2. The van der Waals surface area contributed by atoms with Gasteiger partial charge in [0.15, 0.2) is 0 Å². The monoisotopic (exact) mass is 460 g/mol. The van der Waals surface area contributed by atoms with Crippen LogP contribution in [0.15, 0.2) is 82.6 Å². The number of thioether (sulfide) groups is 1. The van der Waals surface area contributed by atoms with Gasteiger partial charge < -0.3 is 5.32 Å². The standard InChI is InChI=1S/C22H21ClN2O3S2/c1-16-15-17(22(26)24-13-14-29-19-10-8-18(23)9-11-19)7-12-21(16)25-30(27,28)20-5-3-2-4-6-20/h2-12,15,25H,13-14H2,1H3,(H,24,26). The maximum Gasteiger partial charge on any atom is 0.261 e. The SMILES string of the molecule is Cc1cc(C(=O)NCCSc2ccc(Cl)cc2)ccc1NS(=O)(=O)c1ccccc1. The quantitative estimate of drug-likeness (QED) is 0.367. The molecule has 156 valence electrons. The third kappa shape index (κ3) is 6.01. The van der Waals surface area contributed by atoms with Gasteiger partial charge in [-0.3, -0.25) is 9.52 Å². The Morgan fingerprint density at radius 1 is 1.00 bits per heavy atom. The van der Waals surface area contributed by atoms with E-state index in [0.717, 1.165) is 10.6 Å². The van der Waals surface area contributed by atoms with Crippen molar-refractivity contribution < 1.29 is 13.2 Å². The van der Waals surface area contributed by atoms with Crippen molar-refractivity contribution in [3.63, 3.8) is 0 Å². The largest absolute Gasteiger partial charge is 0.351 e. The molecule has 0 saturated heterocycles. The Kier molecular flexibility index (Phi) is 7.42. The van der Waals surface area contributed by atoms with E-state index < -0.39 is 10.0 Å². The molecule has 0 fully saturated rings. The number of sulfonamides is 1. The number of carbonyl (C=O) groups excluding carboxylic acids is 1. The number of aryl methyl sites for hydroxylation is 1. The van der Waals surface area contributed by atoms with Crippen molar-refractivity contribution in [2.75, 3.05) is 17.0 Å². The normalized spacial score (nSPS) is 11.1. The predicted molar refractivity (Wildman–Crippen MR) is 123 cm³/mol. The summed E-state index contributed by atoms with van der Waals surface area (Å²) < 4.78 is 27.5. The van der Waals surface area contributed by atoms with Crippen LogP contribution >= 0.6 is 23.4 Å². The molecule has 0 aliphatic rings. The van der Waals surface area contributed by atoms with Crippen LogP contribution in [0.3, 0.4) is 0 Å². The van der Waals surface area contributed by atoms with Gasteiger partial charge in [-0.25, -0.2) is 8.42 Å². The fraction of sp³-hybridized carbons (Fsp3) is 0.136. The first kappa shape index (κ1) is 22.2. The number of rotatable bonds is 8. The minimum atomic E-state index is -3.68. The zero-order valence-electron chi connectivity index (χ0n) is 16.3. The fourth-order valence-corrected chi connectivity index (χ4v) is 4.74. The third-order valence-corrected chi connectivity index (χ3v) is 6.90. The highest BCUT2D eigenvalue weighted by Crippen LogP contribution is 2.22. The maximum atomic E-state index is 12.5. The third-order valence-electron chi connectivity index (χ3n) is 4.26. The number of amides is 1. The first-order valence-electron chi connectivity index (χ1n) is 9.20. The number of halogens is 1. The molecular weight excluding hydrogens is 440 g/mol. The van der Waals surface area contributed by atoms with E-state index in [1.54, 1.807) is 55.1 Å². The van der Waals surface area contributed by atoms with Gasteiger partial charge in [0.2, 0.25) is 0 Å². The second-order valence-corrected chi connectivity index (χ2v) is 9.79. The Hall–Kier alpha value is -2.48. The van der Waals surface area contributed by atoms with Gasteiger partial charge in [-0.05, 0) is 67.1 Å². The predicted octanol–water partition coefficient (Wildman–Crippen LogP) is 4.97. The first-order chi connectivity index (χ1) is 14.3. The summed E-state index contributed by atoms with van der Waals surface area (Å²) in [7, 11) is -3.68. The molecule has 0 saturated carbocycles. The lowest BCUT2D eigenvalue weighted by Gasteiger charge is -2.12. The van der Waals surface area contributed by atoms with Crippen LogP contribution in [0.4, 0.5) is 5.69 Å². The number of benzene rings is 3. The van der Waals surface area contributed by atoms with Crippen LogP contribution in [0.5, 0.6) is 0 Å². The van der Waals surface area contributed by atoms with E-state index in [2.05, 4.69) is 10.0 Å². The summed E-state index contributed by atoms with van der Waals surface area (Å²) in [5.74, 6) is 0.522. The van der Waals surface area contributed by atoms with Crippen LogP contribution in [0, 0.1) is 6.92 Å². The molecule has 0 atom stereocenters. The molecule has 3 aromatic carbocycles. The highest BCUT2D eigenvalue weighted by Gasteiger charge is 2.15. The van der Waals surface area contributed by atoms with Crippen LogP contribution in [0.1, 0.15) is 15.9 Å². The lowest BCUT2D eigenvalue weighted by Crippen LogP contribution is -2.25. The second-order valence-electron chi connectivity index (χ2n) is 6.51. The van der Waals surface area contributed by atoms with Crippen LogP contribution < -0.4 is 10.0 Å². The molecule has 0 unspecified atom stereocenters. The molecule has 1 amide bonds. The smallest absolute Gasteiger partial charge is 0.261 e. The summed E-state index contributed by atoms with van der Waals surface area (Å²) >= 11 is 7.49. The summed E-state index contributed by atoms with van der Waals surface area (Å²) in [6, 6.07) is 20.6. The highest BCUT2D eigenvalue weighted by atomic mass is 35.5. The van der Waals surface area contributed by atoms with E-state index in [9.17, 15) is 13.2 Å². The van der Waals surface area contributed by atoms with Crippen molar-refractivity contribution in [3.05, 3.63) is 88.9 Å². The van der Waals surface area contributed by atoms with E-state index in [0.29, 0.717) is 28.4 Å². The molecule has 2 N–H and O–H groups in total. The van der Waals surface area contributed by atoms with E-state index in [-0.39, 0.29) is 10.8 Å². The minimum Gasteiger partial charge on any atom is -0.351 e. The second kappa shape index (κ2) is 10.0. The number of carbonyl (C=O) groups is 1. The van der Waals surface area contributed by atoms with Crippen molar-refractivity contribution in [1.82, 2.24) is 5.32 Å². The van der Waals surface area contributed by atoms with Crippen molar-refractivity contribution in [2.45, 2.75) is 16.7 Å². The van der Waals surface area contributed by atoms with Gasteiger partial charge in [0, 0.05) is 27.8 Å². The molecule has 30 heavy (non-hydrogen) atoms. The number of anilines is 1. The zero-order chi connectivity index (χ0) is 21.6. The topological polar surface area (TPSA) is 75.3 Å². The molecule has 0 aliphatic carbocycles. The first-order valence-corrected chi connectivity index (χ1v) is 12.0. The lowest BCUT2D eigenvalue weighted by atomic mass is 10.1. The molecule has 0 spiro atoms. The van der Waals surface area contributed by atoms with Gasteiger partial charge in [-0.2, -0.15) is 0 Å². The van der Waals surface area contributed by atoms with Crippen LogP contribution in [0.25, 0.3) is 0 Å². The average Bonchev–Trinajstić information content (AvgIpc) is 2.74. The summed E-state index contributed by atoms with van der Waals surface area (Å²) in [5.41, 5.74) is 1.58. The number of hydrogen-bond donors (Lipinski definition) is 2. The van der Waals surface area contributed by atoms with E-state index in [1.807, 2.05) is 24.3 Å². The molecule has 3 aromatic rings. The van der Waals surface area contributed by atoms with Crippen molar-refractivity contribution in [2.24, 2.45) is 0 Å². The molecule has 0 aliphatic heterocycles. The Bertz CT molecular complexity index is 1120. The number of nitrogens with one attached hydrogen (secondary N) is 2. The van der Waals surface area contributed by atoms with Gasteiger partial charge in [0.25, 0.3) is 15.9 Å². The summed E-state index contributed by atoms with van der Waals surface area (Å²) in [6.45, 7) is 2.27. The highest BCUT2D eigenvalue weighted by molar-refractivity contribution is 7.99. The van der Waals surface area contributed by atoms with Crippen LogP contribution in [-0.4, -0.2) is 26.6 Å². The Morgan fingerprint density at radius 3 is 2.37 bits per heavy atom. The van der Waals surface area contributed by atoms with E-state index >= 15 is 0 Å². The molecule has 0 radical (unpaired) electrons. The van der Waals surface area contributed by atoms with Gasteiger partial charge in [-0.1, -0.05) is 29.8 Å². The summed E-state index contributed by atoms with van der Waals surface area (Å²) in [4.78, 5) is 13.7. The van der Waals surface area contributed by atoms with Gasteiger partial charge in [0.1, 0.15) is 0 Å². The van der Waals surface area contributed by atoms with Crippen molar-refractivity contribution in [3.8, 4) is 0 Å². The van der Waals surface area contributed by atoms with E-state index in [4.69, 9.17) is 11.6 Å². The number of hydrogen-bond acceptors (Lipinski definition) is 4. The van der Waals surface area contributed by atoms with Gasteiger partial charge >= 0.3 is 0 Å². The van der Waals surface area contributed by atoms with Crippen molar-refractivity contribution in [1.29, 1.82) is 0 Å². The Morgan fingerprint density at radius 2 is 1.70 bits per heavy atom. The summed E-state index contributed by atoms with van der Waals surface area (Å²) in [6.07, 6.45) is 0. The van der Waals surface area contributed by atoms with Gasteiger partial charge in [0.05, 0.1) is 10.6 Å². The zero-order valence-corrected chi connectivity index (χ0v) is 18.7.